The summed E-state index contributed by atoms with van der Waals surface area (Å²) < 4.78 is 38.2. The number of fused-ring (bicyclic) bond motifs is 1. The van der Waals surface area contributed by atoms with Crippen LogP contribution < -0.4 is 10.6 Å². The SMILES string of the molecule is CC(=O)N1CCc2c(sc(NC(=O)C(F)(F)F)c2C(=O)Nc2cccc(Cl)c2)C1. The standard InChI is InChI=1S/C18H15ClF3N3O3S/c1-9(26)25-6-5-12-13(8-25)29-16(24-17(28)18(20,21)22)14(12)15(27)23-11-4-2-3-10(19)7-11/h2-4,7H,5-6,8H2,1H3,(H,23,27)(H,24,28). The van der Waals surface area contributed by atoms with Gasteiger partial charge in [0.2, 0.25) is 5.91 Å². The van der Waals surface area contributed by atoms with Gasteiger partial charge < -0.3 is 15.5 Å². The third-order valence-electron chi connectivity index (χ3n) is 4.30. The second kappa shape index (κ2) is 8.03. The minimum absolute atomic E-state index is 0.0363. The zero-order valence-electron chi connectivity index (χ0n) is 15.0. The maximum Gasteiger partial charge on any atom is 0.471 e. The molecule has 0 fully saturated rings. The fourth-order valence-electron chi connectivity index (χ4n) is 2.93. The molecule has 2 N–H and O–H groups in total. The number of anilines is 2. The molecule has 0 aliphatic carbocycles. The molecule has 0 radical (unpaired) electrons. The molecular weight excluding hydrogens is 431 g/mol. The molecule has 1 aliphatic rings. The summed E-state index contributed by atoms with van der Waals surface area (Å²) in [7, 11) is 0. The van der Waals surface area contributed by atoms with Crippen LogP contribution in [-0.2, 0) is 22.6 Å². The van der Waals surface area contributed by atoms with E-state index in [1.807, 2.05) is 0 Å². The lowest BCUT2D eigenvalue weighted by atomic mass is 10.0. The van der Waals surface area contributed by atoms with E-state index in [0.717, 1.165) is 11.3 Å². The molecule has 1 aromatic carbocycles. The van der Waals surface area contributed by atoms with E-state index >= 15 is 0 Å². The van der Waals surface area contributed by atoms with Crippen LogP contribution in [0.2, 0.25) is 5.02 Å². The Morgan fingerprint density at radius 1 is 1.21 bits per heavy atom. The summed E-state index contributed by atoms with van der Waals surface area (Å²) >= 11 is 6.75. The molecule has 0 spiro atoms. The predicted octanol–water partition coefficient (Wildman–Crippen LogP) is 4.06. The van der Waals surface area contributed by atoms with E-state index < -0.39 is 18.0 Å². The van der Waals surface area contributed by atoms with Gasteiger partial charge in [-0.05, 0) is 30.2 Å². The summed E-state index contributed by atoms with van der Waals surface area (Å²) in [5.41, 5.74) is 0.840. The highest BCUT2D eigenvalue weighted by Gasteiger charge is 2.40. The van der Waals surface area contributed by atoms with Crippen molar-refractivity contribution < 1.29 is 27.6 Å². The van der Waals surface area contributed by atoms with Crippen molar-refractivity contribution in [1.82, 2.24) is 4.90 Å². The van der Waals surface area contributed by atoms with E-state index in [4.69, 9.17) is 11.6 Å². The van der Waals surface area contributed by atoms with E-state index in [-0.39, 0.29) is 29.4 Å². The predicted molar refractivity (Wildman–Crippen MR) is 103 cm³/mol. The summed E-state index contributed by atoms with van der Waals surface area (Å²) in [6, 6.07) is 6.28. The van der Waals surface area contributed by atoms with Gasteiger partial charge in [0.15, 0.2) is 0 Å². The number of hydrogen-bond donors (Lipinski definition) is 2. The van der Waals surface area contributed by atoms with Gasteiger partial charge >= 0.3 is 12.1 Å². The molecule has 1 aromatic heterocycles. The molecule has 0 atom stereocenters. The quantitative estimate of drug-likeness (QED) is 0.747. The Morgan fingerprint density at radius 3 is 2.55 bits per heavy atom. The number of halogens is 4. The first-order chi connectivity index (χ1) is 13.6. The smallest absolute Gasteiger partial charge is 0.337 e. The number of benzene rings is 1. The number of thiophene rings is 1. The molecule has 11 heteroatoms. The van der Waals surface area contributed by atoms with Crippen molar-refractivity contribution in [3.8, 4) is 0 Å². The number of alkyl halides is 3. The van der Waals surface area contributed by atoms with Gasteiger partial charge in [-0.3, -0.25) is 14.4 Å². The van der Waals surface area contributed by atoms with Crippen LogP contribution in [0.4, 0.5) is 23.9 Å². The number of nitrogens with zero attached hydrogens (tertiary/aromatic N) is 1. The van der Waals surface area contributed by atoms with Gasteiger partial charge in [-0.25, -0.2) is 0 Å². The number of amides is 3. The minimum Gasteiger partial charge on any atom is -0.337 e. The Bertz CT molecular complexity index is 990. The molecule has 3 rings (SSSR count). The molecule has 1 aliphatic heterocycles. The largest absolute Gasteiger partial charge is 0.471 e. The second-order valence-electron chi connectivity index (χ2n) is 6.31. The van der Waals surface area contributed by atoms with Crippen LogP contribution >= 0.6 is 22.9 Å². The highest BCUT2D eigenvalue weighted by atomic mass is 35.5. The third kappa shape index (κ3) is 4.70. The third-order valence-corrected chi connectivity index (χ3v) is 5.66. The molecular formula is C18H15ClF3N3O3S. The topological polar surface area (TPSA) is 78.5 Å². The average Bonchev–Trinajstić information content (AvgIpc) is 2.97. The van der Waals surface area contributed by atoms with Crippen molar-refractivity contribution >= 4 is 51.3 Å². The van der Waals surface area contributed by atoms with E-state index in [9.17, 15) is 27.6 Å². The van der Waals surface area contributed by atoms with Crippen molar-refractivity contribution in [1.29, 1.82) is 0 Å². The highest BCUT2D eigenvalue weighted by Crippen LogP contribution is 2.38. The van der Waals surface area contributed by atoms with Gasteiger partial charge in [-0.1, -0.05) is 17.7 Å². The zero-order chi connectivity index (χ0) is 21.3. The Hall–Kier alpha value is -2.59. The zero-order valence-corrected chi connectivity index (χ0v) is 16.6. The number of carbonyl (C=O) groups excluding carboxylic acids is 3. The second-order valence-corrected chi connectivity index (χ2v) is 7.86. The molecule has 0 saturated heterocycles. The van der Waals surface area contributed by atoms with E-state index in [1.165, 1.54) is 17.9 Å². The van der Waals surface area contributed by atoms with Crippen LogP contribution in [0.5, 0.6) is 0 Å². The lowest BCUT2D eigenvalue weighted by molar-refractivity contribution is -0.167. The molecule has 0 saturated carbocycles. The maximum atomic E-state index is 12.9. The van der Waals surface area contributed by atoms with Gasteiger partial charge in [0.05, 0.1) is 12.1 Å². The van der Waals surface area contributed by atoms with Gasteiger partial charge in [-0.2, -0.15) is 13.2 Å². The van der Waals surface area contributed by atoms with E-state index in [2.05, 4.69) is 5.32 Å². The number of carbonyl (C=O) groups is 3. The molecule has 0 bridgehead atoms. The van der Waals surface area contributed by atoms with Crippen LogP contribution in [-0.4, -0.2) is 35.3 Å². The Balaban J connectivity index is 1.97. The summed E-state index contributed by atoms with van der Waals surface area (Å²) in [5, 5.41) is 4.55. The Kier molecular flexibility index (Phi) is 5.85. The summed E-state index contributed by atoms with van der Waals surface area (Å²) in [6.45, 7) is 1.87. The first kappa shape index (κ1) is 21.1. The minimum atomic E-state index is -5.10. The Morgan fingerprint density at radius 2 is 1.93 bits per heavy atom. The number of nitrogens with one attached hydrogen (secondary N) is 2. The van der Waals surface area contributed by atoms with Crippen LogP contribution in [0.15, 0.2) is 24.3 Å². The molecule has 6 nitrogen and oxygen atoms in total. The normalized spacial score (nSPS) is 13.6. The molecule has 2 heterocycles. The molecule has 3 amide bonds. The average molecular weight is 446 g/mol. The molecule has 2 aromatic rings. The van der Waals surface area contributed by atoms with Crippen molar-refractivity contribution in [2.45, 2.75) is 26.1 Å². The van der Waals surface area contributed by atoms with Gasteiger partial charge in [-0.15, -0.1) is 11.3 Å². The summed E-state index contributed by atoms with van der Waals surface area (Å²) in [6.07, 6.45) is -4.82. The lowest BCUT2D eigenvalue weighted by Gasteiger charge is -2.26. The van der Waals surface area contributed by atoms with Gasteiger partial charge in [0, 0.05) is 29.1 Å². The van der Waals surface area contributed by atoms with Crippen molar-refractivity contribution in [2.24, 2.45) is 0 Å². The van der Waals surface area contributed by atoms with Crippen molar-refractivity contribution in [3.63, 3.8) is 0 Å². The summed E-state index contributed by atoms with van der Waals surface area (Å²) in [4.78, 5) is 38.0. The van der Waals surface area contributed by atoms with E-state index in [0.29, 0.717) is 27.7 Å². The fraction of sp³-hybridized carbons (Fsp3) is 0.278. The first-order valence-corrected chi connectivity index (χ1v) is 9.61. The maximum absolute atomic E-state index is 12.9. The first-order valence-electron chi connectivity index (χ1n) is 8.41. The monoisotopic (exact) mass is 445 g/mol. The number of rotatable bonds is 3. The van der Waals surface area contributed by atoms with Crippen molar-refractivity contribution in [3.05, 3.63) is 45.3 Å². The Labute approximate surface area is 172 Å². The molecule has 154 valence electrons. The van der Waals surface area contributed by atoms with Gasteiger partial charge in [0.25, 0.3) is 5.91 Å². The van der Waals surface area contributed by atoms with E-state index in [1.54, 1.807) is 23.5 Å². The van der Waals surface area contributed by atoms with Crippen LogP contribution in [0, 0.1) is 0 Å². The highest BCUT2D eigenvalue weighted by molar-refractivity contribution is 7.17. The fourth-order valence-corrected chi connectivity index (χ4v) is 4.38. The summed E-state index contributed by atoms with van der Waals surface area (Å²) in [5.74, 6) is -3.02. The van der Waals surface area contributed by atoms with Gasteiger partial charge in [0.1, 0.15) is 5.00 Å². The lowest BCUT2D eigenvalue weighted by Crippen LogP contribution is -2.34. The molecule has 0 unspecified atom stereocenters. The van der Waals surface area contributed by atoms with Crippen LogP contribution in [0.3, 0.4) is 0 Å². The van der Waals surface area contributed by atoms with Crippen LogP contribution in [0.1, 0.15) is 27.7 Å². The van der Waals surface area contributed by atoms with Crippen molar-refractivity contribution in [2.75, 3.05) is 17.2 Å². The molecule has 29 heavy (non-hydrogen) atoms. The number of hydrogen-bond acceptors (Lipinski definition) is 4. The van der Waals surface area contributed by atoms with Crippen LogP contribution in [0.25, 0.3) is 0 Å².